The lowest BCUT2D eigenvalue weighted by atomic mass is 10.1. The van der Waals surface area contributed by atoms with Crippen LogP contribution in [0.2, 0.25) is 0 Å². The molecule has 2 aromatic rings. The Kier molecular flexibility index (Phi) is 4.57. The van der Waals surface area contributed by atoms with Crippen molar-refractivity contribution in [1.29, 1.82) is 0 Å². The predicted molar refractivity (Wildman–Crippen MR) is 80.5 cm³/mol. The van der Waals surface area contributed by atoms with E-state index in [1.165, 1.54) is 0 Å². The molecule has 0 aliphatic carbocycles. The summed E-state index contributed by atoms with van der Waals surface area (Å²) in [7, 11) is 1.58. The van der Waals surface area contributed by atoms with Crippen molar-refractivity contribution in [2.75, 3.05) is 12.4 Å². The first-order valence-corrected chi connectivity index (χ1v) is 6.71. The molecular formula is C14H14BrN3O2. The molecular weight excluding hydrogens is 322 g/mol. The minimum absolute atomic E-state index is 0.498. The molecule has 2 rings (SSSR count). The lowest BCUT2D eigenvalue weighted by molar-refractivity contribution is -0.118. The minimum atomic E-state index is -0.699. The third-order valence-corrected chi connectivity index (χ3v) is 3.18. The molecule has 1 aromatic carbocycles. The summed E-state index contributed by atoms with van der Waals surface area (Å²) < 4.78 is 5.98. The lowest BCUT2D eigenvalue weighted by Gasteiger charge is -2.16. The smallest absolute Gasteiger partial charge is 0.246 e. The van der Waals surface area contributed by atoms with Crippen molar-refractivity contribution in [2.45, 2.75) is 6.04 Å². The highest BCUT2D eigenvalue weighted by Crippen LogP contribution is 2.22. The Morgan fingerprint density at radius 2 is 2.20 bits per heavy atom. The van der Waals surface area contributed by atoms with E-state index in [1.807, 2.05) is 24.3 Å². The minimum Gasteiger partial charge on any atom is -0.497 e. The maximum Gasteiger partial charge on any atom is 0.246 e. The maximum absolute atomic E-state index is 11.6. The number of rotatable bonds is 5. The van der Waals surface area contributed by atoms with Gasteiger partial charge in [-0.2, -0.15) is 0 Å². The van der Waals surface area contributed by atoms with Gasteiger partial charge in [-0.05, 0) is 40.2 Å². The van der Waals surface area contributed by atoms with Gasteiger partial charge in [0.1, 0.15) is 11.8 Å². The largest absolute Gasteiger partial charge is 0.497 e. The second kappa shape index (κ2) is 6.38. The van der Waals surface area contributed by atoms with Crippen molar-refractivity contribution in [3.63, 3.8) is 0 Å². The summed E-state index contributed by atoms with van der Waals surface area (Å²) in [5.74, 6) is 0.199. The summed E-state index contributed by atoms with van der Waals surface area (Å²) in [6.07, 6.45) is 1.62. The van der Waals surface area contributed by atoms with Crippen molar-refractivity contribution in [2.24, 2.45) is 5.73 Å². The van der Waals surface area contributed by atoms with Crippen LogP contribution in [0.25, 0.3) is 0 Å². The number of benzene rings is 1. The standard InChI is InChI=1S/C14H14BrN3O2/c1-20-11-4-2-3-10(7-11)18-13(14(16)19)12-6-5-9(15)8-17-12/h2-8,13,18H,1H3,(H2,16,19). The van der Waals surface area contributed by atoms with Crippen molar-refractivity contribution < 1.29 is 9.53 Å². The lowest BCUT2D eigenvalue weighted by Crippen LogP contribution is -2.28. The number of pyridine rings is 1. The molecule has 1 amide bonds. The second-order valence-electron chi connectivity index (χ2n) is 4.11. The van der Waals surface area contributed by atoms with Crippen LogP contribution >= 0.6 is 15.9 Å². The van der Waals surface area contributed by atoms with Crippen LogP contribution in [-0.4, -0.2) is 18.0 Å². The number of hydrogen-bond acceptors (Lipinski definition) is 4. The van der Waals surface area contributed by atoms with Gasteiger partial charge < -0.3 is 15.8 Å². The number of carbonyl (C=O) groups excluding carboxylic acids is 1. The quantitative estimate of drug-likeness (QED) is 0.879. The average molecular weight is 336 g/mol. The molecule has 20 heavy (non-hydrogen) atoms. The topological polar surface area (TPSA) is 77.2 Å². The van der Waals surface area contributed by atoms with Gasteiger partial charge in [0.05, 0.1) is 12.8 Å². The Bertz CT molecular complexity index is 602. The number of amides is 1. The summed E-state index contributed by atoms with van der Waals surface area (Å²) in [6.45, 7) is 0. The van der Waals surface area contributed by atoms with E-state index in [0.29, 0.717) is 11.4 Å². The maximum atomic E-state index is 11.6. The first-order chi connectivity index (χ1) is 9.60. The number of primary amides is 1. The van der Waals surface area contributed by atoms with Gasteiger partial charge >= 0.3 is 0 Å². The molecule has 1 aromatic heterocycles. The first kappa shape index (κ1) is 14.3. The van der Waals surface area contributed by atoms with Crippen LogP contribution in [0.4, 0.5) is 5.69 Å². The number of anilines is 1. The second-order valence-corrected chi connectivity index (χ2v) is 5.03. The summed E-state index contributed by atoms with van der Waals surface area (Å²) in [6, 6.07) is 10.1. The van der Waals surface area contributed by atoms with Crippen molar-refractivity contribution in [3.8, 4) is 5.75 Å². The van der Waals surface area contributed by atoms with Crippen LogP contribution < -0.4 is 15.8 Å². The monoisotopic (exact) mass is 335 g/mol. The van der Waals surface area contributed by atoms with Crippen molar-refractivity contribution in [3.05, 3.63) is 52.8 Å². The van der Waals surface area contributed by atoms with E-state index in [-0.39, 0.29) is 0 Å². The predicted octanol–water partition coefficient (Wildman–Crippen LogP) is 2.49. The first-order valence-electron chi connectivity index (χ1n) is 5.91. The summed E-state index contributed by atoms with van der Waals surface area (Å²) in [4.78, 5) is 15.8. The molecule has 0 saturated heterocycles. The van der Waals surface area contributed by atoms with Crippen LogP contribution in [0.3, 0.4) is 0 Å². The van der Waals surface area contributed by atoms with Crippen LogP contribution in [0, 0.1) is 0 Å². The van der Waals surface area contributed by atoms with Gasteiger partial charge in [0.2, 0.25) is 5.91 Å². The van der Waals surface area contributed by atoms with Crippen molar-refractivity contribution >= 4 is 27.5 Å². The zero-order valence-electron chi connectivity index (χ0n) is 10.8. The van der Waals surface area contributed by atoms with E-state index < -0.39 is 11.9 Å². The van der Waals surface area contributed by atoms with Gasteiger partial charge in [-0.3, -0.25) is 9.78 Å². The SMILES string of the molecule is COc1cccc(NC(C(N)=O)c2ccc(Br)cn2)c1. The van der Waals surface area contributed by atoms with Crippen LogP contribution in [0.15, 0.2) is 47.1 Å². The molecule has 0 bridgehead atoms. The Labute approximate surface area is 125 Å². The highest BCUT2D eigenvalue weighted by Gasteiger charge is 2.19. The molecule has 1 heterocycles. The van der Waals surface area contributed by atoms with Crippen molar-refractivity contribution in [1.82, 2.24) is 4.98 Å². The summed E-state index contributed by atoms with van der Waals surface area (Å²) in [5, 5.41) is 3.06. The van der Waals surface area contributed by atoms with Gasteiger partial charge in [0.15, 0.2) is 0 Å². The third kappa shape index (κ3) is 3.48. The number of nitrogens with one attached hydrogen (secondary N) is 1. The molecule has 1 atom stereocenters. The van der Waals surface area contributed by atoms with Gasteiger partial charge in [-0.1, -0.05) is 6.07 Å². The van der Waals surface area contributed by atoms with E-state index in [0.717, 1.165) is 10.2 Å². The number of carbonyl (C=O) groups is 1. The molecule has 0 spiro atoms. The van der Waals surface area contributed by atoms with E-state index in [4.69, 9.17) is 10.5 Å². The summed E-state index contributed by atoms with van der Waals surface area (Å²) >= 11 is 3.30. The Morgan fingerprint density at radius 1 is 1.40 bits per heavy atom. The number of aromatic nitrogens is 1. The van der Waals surface area contributed by atoms with E-state index in [9.17, 15) is 4.79 Å². The van der Waals surface area contributed by atoms with Gasteiger partial charge in [0.25, 0.3) is 0 Å². The number of nitrogens with two attached hydrogens (primary N) is 1. The fraction of sp³-hybridized carbons (Fsp3) is 0.143. The molecule has 6 heteroatoms. The number of halogens is 1. The molecule has 0 saturated carbocycles. The Hall–Kier alpha value is -2.08. The number of nitrogens with zero attached hydrogens (tertiary/aromatic N) is 1. The van der Waals surface area contributed by atoms with Gasteiger partial charge in [0, 0.05) is 22.4 Å². The fourth-order valence-corrected chi connectivity index (χ4v) is 1.96. The van der Waals surface area contributed by atoms with E-state index >= 15 is 0 Å². The van der Waals surface area contributed by atoms with E-state index in [2.05, 4.69) is 26.2 Å². The van der Waals surface area contributed by atoms with Gasteiger partial charge in [-0.15, -0.1) is 0 Å². The molecule has 5 nitrogen and oxygen atoms in total. The molecule has 1 unspecified atom stereocenters. The normalized spacial score (nSPS) is 11.7. The Balaban J connectivity index is 2.25. The van der Waals surface area contributed by atoms with Crippen LogP contribution in [-0.2, 0) is 4.79 Å². The van der Waals surface area contributed by atoms with Crippen LogP contribution in [0.5, 0.6) is 5.75 Å². The average Bonchev–Trinajstić information content (AvgIpc) is 2.46. The fourth-order valence-electron chi connectivity index (χ4n) is 1.73. The number of hydrogen-bond donors (Lipinski definition) is 2. The molecule has 104 valence electrons. The van der Waals surface area contributed by atoms with E-state index in [1.54, 1.807) is 25.4 Å². The highest BCUT2D eigenvalue weighted by atomic mass is 79.9. The molecule has 0 fully saturated rings. The molecule has 0 aliphatic heterocycles. The zero-order valence-corrected chi connectivity index (χ0v) is 12.4. The van der Waals surface area contributed by atoms with Gasteiger partial charge in [-0.25, -0.2) is 0 Å². The molecule has 0 radical (unpaired) electrons. The summed E-state index contributed by atoms with van der Waals surface area (Å²) in [5.41, 5.74) is 6.73. The third-order valence-electron chi connectivity index (χ3n) is 2.71. The highest BCUT2D eigenvalue weighted by molar-refractivity contribution is 9.10. The molecule has 0 aliphatic rings. The number of methoxy groups -OCH3 is 1. The molecule has 3 N–H and O–H groups in total. The number of ether oxygens (including phenoxy) is 1. The Morgan fingerprint density at radius 3 is 2.80 bits per heavy atom. The van der Waals surface area contributed by atoms with Crippen LogP contribution in [0.1, 0.15) is 11.7 Å². The zero-order chi connectivity index (χ0) is 14.5.